The Kier molecular flexibility index (Phi) is 5.06. The number of pyridine rings is 1. The van der Waals surface area contributed by atoms with Gasteiger partial charge in [-0.05, 0) is 30.3 Å². The van der Waals surface area contributed by atoms with Crippen molar-refractivity contribution in [1.29, 1.82) is 0 Å². The molecule has 3 aromatic rings. The van der Waals surface area contributed by atoms with Crippen molar-refractivity contribution in [2.45, 2.75) is 6.54 Å². The Morgan fingerprint density at radius 1 is 1.24 bits per heavy atom. The van der Waals surface area contributed by atoms with Crippen molar-refractivity contribution in [3.63, 3.8) is 0 Å². The van der Waals surface area contributed by atoms with Crippen molar-refractivity contribution < 1.29 is 9.53 Å². The van der Waals surface area contributed by atoms with Crippen LogP contribution in [-0.2, 0) is 11.3 Å². The summed E-state index contributed by atoms with van der Waals surface area (Å²) < 4.78 is 8.17. The van der Waals surface area contributed by atoms with Crippen LogP contribution in [0.4, 0.5) is 5.69 Å². The topological polar surface area (TPSA) is 78.2 Å². The van der Waals surface area contributed by atoms with Gasteiger partial charge in [-0.3, -0.25) is 9.59 Å². The Balaban J connectivity index is 1.78. The van der Waals surface area contributed by atoms with Crippen LogP contribution in [0.25, 0.3) is 5.69 Å². The molecule has 2 aromatic heterocycles. The molecule has 0 bridgehead atoms. The van der Waals surface area contributed by atoms with E-state index >= 15 is 0 Å². The summed E-state index contributed by atoms with van der Waals surface area (Å²) in [5, 5.41) is 6.96. The molecule has 0 aliphatic carbocycles. The van der Waals surface area contributed by atoms with Gasteiger partial charge in [0.2, 0.25) is 0 Å². The van der Waals surface area contributed by atoms with Gasteiger partial charge in [0, 0.05) is 43.9 Å². The molecular weight excluding hydrogens is 320 g/mol. The first-order valence-electron chi connectivity index (χ1n) is 7.78. The lowest BCUT2D eigenvalue weighted by Crippen LogP contribution is -2.22. The predicted molar refractivity (Wildman–Crippen MR) is 94.1 cm³/mol. The van der Waals surface area contributed by atoms with Crippen LogP contribution in [0.15, 0.2) is 65.8 Å². The molecule has 0 saturated heterocycles. The number of amides is 1. The molecule has 0 radical (unpaired) electrons. The van der Waals surface area contributed by atoms with E-state index in [9.17, 15) is 9.59 Å². The minimum atomic E-state index is -0.258. The van der Waals surface area contributed by atoms with E-state index in [-0.39, 0.29) is 11.5 Å². The fraction of sp³-hybridized carbons (Fsp3) is 0.167. The molecule has 0 spiro atoms. The predicted octanol–water partition coefficient (Wildman–Crippen LogP) is 1.93. The molecule has 1 aromatic carbocycles. The van der Waals surface area contributed by atoms with Crippen LogP contribution in [0.5, 0.6) is 0 Å². The first kappa shape index (κ1) is 16.7. The third-order valence-electron chi connectivity index (χ3n) is 3.65. The maximum atomic E-state index is 12.5. The number of carbonyl (C=O) groups excluding carboxylic acids is 1. The van der Waals surface area contributed by atoms with Crippen molar-refractivity contribution in [2.24, 2.45) is 0 Å². The number of hydrogen-bond acceptors (Lipinski definition) is 4. The van der Waals surface area contributed by atoms with Gasteiger partial charge in [0.05, 0.1) is 18.0 Å². The summed E-state index contributed by atoms with van der Waals surface area (Å²) in [5.74, 6) is -0.258. The van der Waals surface area contributed by atoms with Crippen molar-refractivity contribution in [1.82, 2.24) is 14.3 Å². The smallest absolute Gasteiger partial charge is 0.255 e. The quantitative estimate of drug-likeness (QED) is 0.745. The zero-order valence-electron chi connectivity index (χ0n) is 13.8. The summed E-state index contributed by atoms with van der Waals surface area (Å²) in [4.78, 5) is 24.3. The zero-order chi connectivity index (χ0) is 17.6. The number of rotatable bonds is 6. The number of aromatic nitrogens is 3. The highest BCUT2D eigenvalue weighted by atomic mass is 16.5. The summed E-state index contributed by atoms with van der Waals surface area (Å²) in [6, 6.07) is 12.0. The van der Waals surface area contributed by atoms with Gasteiger partial charge in [0.1, 0.15) is 0 Å². The van der Waals surface area contributed by atoms with E-state index < -0.39 is 0 Å². The second-order valence-electron chi connectivity index (χ2n) is 5.40. The summed E-state index contributed by atoms with van der Waals surface area (Å²) in [6.45, 7) is 0.844. The van der Waals surface area contributed by atoms with Gasteiger partial charge in [0.15, 0.2) is 0 Å². The molecule has 7 nitrogen and oxygen atoms in total. The molecule has 0 aliphatic rings. The van der Waals surface area contributed by atoms with Gasteiger partial charge in [-0.1, -0.05) is 6.07 Å². The third-order valence-corrected chi connectivity index (χ3v) is 3.65. The highest BCUT2D eigenvalue weighted by molar-refractivity contribution is 6.04. The second-order valence-corrected chi connectivity index (χ2v) is 5.40. The Morgan fingerprint density at radius 2 is 2.12 bits per heavy atom. The van der Waals surface area contributed by atoms with Gasteiger partial charge in [-0.25, -0.2) is 4.68 Å². The molecule has 0 fully saturated rings. The van der Waals surface area contributed by atoms with Crippen molar-refractivity contribution in [3.8, 4) is 5.69 Å². The van der Waals surface area contributed by atoms with Gasteiger partial charge in [-0.2, -0.15) is 5.10 Å². The number of nitrogens with zero attached hydrogens (tertiary/aromatic N) is 3. The summed E-state index contributed by atoms with van der Waals surface area (Å²) in [5.41, 5.74) is 1.70. The number of anilines is 1. The Morgan fingerprint density at radius 3 is 2.88 bits per heavy atom. The van der Waals surface area contributed by atoms with E-state index in [2.05, 4.69) is 10.4 Å². The Labute approximate surface area is 144 Å². The maximum absolute atomic E-state index is 12.5. The maximum Gasteiger partial charge on any atom is 0.255 e. The van der Waals surface area contributed by atoms with Crippen LogP contribution in [-0.4, -0.2) is 34.0 Å². The molecule has 0 atom stereocenters. The highest BCUT2D eigenvalue weighted by Crippen LogP contribution is 2.12. The van der Waals surface area contributed by atoms with E-state index in [0.29, 0.717) is 24.4 Å². The molecule has 3 rings (SSSR count). The lowest BCUT2D eigenvalue weighted by molar-refractivity contribution is 0.102. The van der Waals surface area contributed by atoms with Crippen molar-refractivity contribution in [3.05, 3.63) is 77.0 Å². The summed E-state index contributed by atoms with van der Waals surface area (Å²) >= 11 is 0. The molecule has 0 saturated carbocycles. The minimum Gasteiger partial charge on any atom is -0.383 e. The molecule has 25 heavy (non-hydrogen) atoms. The second kappa shape index (κ2) is 7.59. The molecule has 1 amide bonds. The lowest BCUT2D eigenvalue weighted by Gasteiger charge is -2.10. The third kappa shape index (κ3) is 4.02. The van der Waals surface area contributed by atoms with Crippen molar-refractivity contribution >= 4 is 11.6 Å². The van der Waals surface area contributed by atoms with E-state index in [1.165, 1.54) is 10.6 Å². The number of methoxy groups -OCH3 is 1. The highest BCUT2D eigenvalue weighted by Gasteiger charge is 2.09. The Bertz CT molecular complexity index is 916. The van der Waals surface area contributed by atoms with Gasteiger partial charge in [-0.15, -0.1) is 0 Å². The van der Waals surface area contributed by atoms with Crippen LogP contribution in [0, 0.1) is 0 Å². The van der Waals surface area contributed by atoms with Crippen LogP contribution < -0.4 is 10.9 Å². The summed E-state index contributed by atoms with van der Waals surface area (Å²) in [7, 11) is 1.57. The molecule has 0 aliphatic heterocycles. The first-order chi connectivity index (χ1) is 12.2. The standard InChI is InChI=1S/C18H18N4O3/c1-25-11-10-21-13-15(6-7-17(21)23)20-18(24)14-4-2-5-16(12-14)22-9-3-8-19-22/h2-9,12-13H,10-11H2,1H3,(H,20,24). The molecule has 7 heteroatoms. The van der Waals surface area contributed by atoms with Crippen molar-refractivity contribution in [2.75, 3.05) is 19.0 Å². The normalized spacial score (nSPS) is 10.6. The van der Waals surface area contributed by atoms with E-state index in [1.54, 1.807) is 48.5 Å². The molecule has 1 N–H and O–H groups in total. The van der Waals surface area contributed by atoms with E-state index in [4.69, 9.17) is 4.74 Å². The number of carbonyl (C=O) groups is 1. The molecular formula is C18H18N4O3. The summed E-state index contributed by atoms with van der Waals surface area (Å²) in [6.07, 6.45) is 5.09. The van der Waals surface area contributed by atoms with E-state index in [0.717, 1.165) is 5.69 Å². The van der Waals surface area contributed by atoms with Crippen LogP contribution in [0.3, 0.4) is 0 Å². The first-order valence-corrected chi connectivity index (χ1v) is 7.78. The van der Waals surface area contributed by atoms with Crippen LogP contribution in [0.1, 0.15) is 10.4 Å². The van der Waals surface area contributed by atoms with Gasteiger partial charge < -0.3 is 14.6 Å². The SMILES string of the molecule is COCCn1cc(NC(=O)c2cccc(-n3cccn3)c2)ccc1=O. The number of hydrogen-bond donors (Lipinski definition) is 1. The number of benzene rings is 1. The van der Waals surface area contributed by atoms with Gasteiger partial charge in [0.25, 0.3) is 11.5 Å². The average molecular weight is 338 g/mol. The fourth-order valence-electron chi connectivity index (χ4n) is 2.38. The molecule has 0 unspecified atom stereocenters. The monoisotopic (exact) mass is 338 g/mol. The largest absolute Gasteiger partial charge is 0.383 e. The average Bonchev–Trinajstić information content (AvgIpc) is 3.17. The van der Waals surface area contributed by atoms with Gasteiger partial charge >= 0.3 is 0 Å². The Hall–Kier alpha value is -3.19. The van der Waals surface area contributed by atoms with E-state index in [1.807, 2.05) is 18.3 Å². The lowest BCUT2D eigenvalue weighted by atomic mass is 10.2. The molecule has 2 heterocycles. The zero-order valence-corrected chi connectivity index (χ0v) is 13.8. The number of ether oxygens (including phenoxy) is 1. The van der Waals surface area contributed by atoms with Crippen LogP contribution in [0.2, 0.25) is 0 Å². The molecule has 128 valence electrons. The minimum absolute atomic E-state index is 0.143. The fourth-order valence-corrected chi connectivity index (χ4v) is 2.38. The van der Waals surface area contributed by atoms with Crippen LogP contribution >= 0.6 is 0 Å². The number of nitrogens with one attached hydrogen (secondary N) is 1.